The van der Waals surface area contributed by atoms with Crippen LogP contribution in [0.15, 0.2) is 6.07 Å². The zero-order valence-electron chi connectivity index (χ0n) is 12.0. The maximum absolute atomic E-state index is 10.1. The van der Waals surface area contributed by atoms with Gasteiger partial charge < -0.3 is 20.0 Å². The molecule has 0 atom stereocenters. The molecule has 0 saturated heterocycles. The van der Waals surface area contributed by atoms with Crippen molar-refractivity contribution in [3.63, 3.8) is 0 Å². The molecule has 1 rings (SSSR count). The lowest BCUT2D eigenvalue weighted by Crippen LogP contribution is -2.18. The largest absolute Gasteiger partial charge is 0.504 e. The highest BCUT2D eigenvalue weighted by atomic mass is 16.3. The van der Waals surface area contributed by atoms with Gasteiger partial charge in [0.15, 0.2) is 11.5 Å². The maximum Gasteiger partial charge on any atom is 0.162 e. The minimum absolute atomic E-state index is 0.0118. The molecule has 0 bridgehead atoms. The van der Waals surface area contributed by atoms with Crippen LogP contribution in [0, 0.1) is 0 Å². The van der Waals surface area contributed by atoms with E-state index in [0.717, 1.165) is 29.7 Å². The first-order valence-corrected chi connectivity index (χ1v) is 6.21. The quantitative estimate of drug-likeness (QED) is 0.784. The standard InChI is InChI=1S/C14H24N2O2/c1-6-10-7-13(17)14(18)12(9-16(4)5)11(10)8-15(2)3/h7,17-18H,6,8-9H2,1-5H3. The van der Waals surface area contributed by atoms with Crippen LogP contribution in [0.4, 0.5) is 0 Å². The second-order valence-corrected chi connectivity index (χ2v) is 5.19. The number of hydrogen-bond donors (Lipinski definition) is 2. The van der Waals surface area contributed by atoms with E-state index in [0.29, 0.717) is 6.54 Å². The molecule has 1 aromatic carbocycles. The zero-order valence-corrected chi connectivity index (χ0v) is 12.0. The molecule has 0 spiro atoms. The van der Waals surface area contributed by atoms with Crippen molar-refractivity contribution >= 4 is 0 Å². The number of phenolic OH excluding ortho intramolecular Hbond substituents is 2. The number of aryl methyl sites for hydroxylation is 1. The first kappa shape index (κ1) is 14.8. The molecule has 0 amide bonds. The molecule has 0 aliphatic carbocycles. The van der Waals surface area contributed by atoms with Gasteiger partial charge in [-0.15, -0.1) is 0 Å². The molecule has 0 radical (unpaired) electrons. The summed E-state index contributed by atoms with van der Waals surface area (Å²) in [7, 11) is 7.91. The summed E-state index contributed by atoms with van der Waals surface area (Å²) in [6.45, 7) is 3.45. The molecule has 0 saturated carbocycles. The molecule has 1 aromatic rings. The predicted octanol–water partition coefficient (Wildman–Crippen LogP) is 1.78. The summed E-state index contributed by atoms with van der Waals surface area (Å²) in [6.07, 6.45) is 0.845. The summed E-state index contributed by atoms with van der Waals surface area (Å²) in [5.41, 5.74) is 3.04. The normalized spacial score (nSPS) is 11.5. The Balaban J connectivity index is 3.35. The number of benzene rings is 1. The lowest BCUT2D eigenvalue weighted by molar-refractivity contribution is 0.354. The molecule has 4 nitrogen and oxygen atoms in total. The van der Waals surface area contributed by atoms with E-state index in [1.807, 2.05) is 33.1 Å². The van der Waals surface area contributed by atoms with E-state index in [1.165, 1.54) is 0 Å². The molecular formula is C14H24N2O2. The lowest BCUT2D eigenvalue weighted by atomic mass is 9.96. The van der Waals surface area contributed by atoms with Gasteiger partial charge in [0.05, 0.1) is 0 Å². The third kappa shape index (κ3) is 3.37. The van der Waals surface area contributed by atoms with Crippen molar-refractivity contribution in [3.8, 4) is 11.5 Å². The Labute approximate surface area is 109 Å². The van der Waals surface area contributed by atoms with Gasteiger partial charge in [-0.2, -0.15) is 0 Å². The molecule has 0 aromatic heterocycles. The summed E-state index contributed by atoms with van der Waals surface area (Å²) in [6, 6.07) is 1.67. The molecule has 0 unspecified atom stereocenters. The summed E-state index contributed by atoms with van der Waals surface area (Å²) >= 11 is 0. The molecule has 0 fully saturated rings. The summed E-state index contributed by atoms with van der Waals surface area (Å²) < 4.78 is 0. The van der Waals surface area contributed by atoms with Gasteiger partial charge in [0.1, 0.15) is 0 Å². The average Bonchev–Trinajstić information content (AvgIpc) is 2.27. The van der Waals surface area contributed by atoms with E-state index < -0.39 is 0 Å². The smallest absolute Gasteiger partial charge is 0.162 e. The Morgan fingerprint density at radius 1 is 0.944 bits per heavy atom. The van der Waals surface area contributed by atoms with E-state index in [4.69, 9.17) is 0 Å². The van der Waals surface area contributed by atoms with Crippen molar-refractivity contribution in [1.82, 2.24) is 9.80 Å². The van der Waals surface area contributed by atoms with Crippen LogP contribution >= 0.6 is 0 Å². The average molecular weight is 252 g/mol. The van der Waals surface area contributed by atoms with Crippen molar-refractivity contribution in [2.75, 3.05) is 28.2 Å². The topological polar surface area (TPSA) is 46.9 Å². The third-order valence-electron chi connectivity index (χ3n) is 2.92. The minimum atomic E-state index is -0.0220. The van der Waals surface area contributed by atoms with Crippen LogP contribution in [-0.2, 0) is 19.5 Å². The number of aromatic hydroxyl groups is 2. The minimum Gasteiger partial charge on any atom is -0.504 e. The molecular weight excluding hydrogens is 228 g/mol. The van der Waals surface area contributed by atoms with E-state index in [2.05, 4.69) is 11.8 Å². The third-order valence-corrected chi connectivity index (χ3v) is 2.92. The Morgan fingerprint density at radius 3 is 1.89 bits per heavy atom. The van der Waals surface area contributed by atoms with E-state index in [1.54, 1.807) is 6.07 Å². The summed E-state index contributed by atoms with van der Waals surface area (Å²) in [5.74, 6) is -0.0102. The van der Waals surface area contributed by atoms with Crippen molar-refractivity contribution in [3.05, 3.63) is 22.8 Å². The molecule has 102 valence electrons. The first-order valence-electron chi connectivity index (χ1n) is 6.21. The highest BCUT2D eigenvalue weighted by Gasteiger charge is 2.17. The van der Waals surface area contributed by atoms with Crippen LogP contribution in [0.5, 0.6) is 11.5 Å². The predicted molar refractivity (Wildman–Crippen MR) is 73.9 cm³/mol. The fourth-order valence-electron chi connectivity index (χ4n) is 2.13. The van der Waals surface area contributed by atoms with Crippen LogP contribution in [0.25, 0.3) is 0 Å². The van der Waals surface area contributed by atoms with Gasteiger partial charge in [-0.25, -0.2) is 0 Å². The second kappa shape index (κ2) is 6.07. The Hall–Kier alpha value is -1.26. The van der Waals surface area contributed by atoms with Gasteiger partial charge in [0.25, 0.3) is 0 Å². The van der Waals surface area contributed by atoms with Crippen LogP contribution in [0.1, 0.15) is 23.6 Å². The van der Waals surface area contributed by atoms with Crippen molar-refractivity contribution < 1.29 is 10.2 Å². The maximum atomic E-state index is 10.1. The number of phenols is 2. The van der Waals surface area contributed by atoms with E-state index >= 15 is 0 Å². The molecule has 0 aliphatic rings. The van der Waals surface area contributed by atoms with E-state index in [9.17, 15) is 10.2 Å². The fraction of sp³-hybridized carbons (Fsp3) is 0.571. The summed E-state index contributed by atoms with van der Waals surface area (Å²) in [5, 5.41) is 19.9. The van der Waals surface area contributed by atoms with E-state index in [-0.39, 0.29) is 11.5 Å². The summed E-state index contributed by atoms with van der Waals surface area (Å²) in [4.78, 5) is 4.07. The zero-order chi connectivity index (χ0) is 13.9. The second-order valence-electron chi connectivity index (χ2n) is 5.19. The molecule has 4 heteroatoms. The highest BCUT2D eigenvalue weighted by Crippen LogP contribution is 2.35. The molecule has 2 N–H and O–H groups in total. The van der Waals surface area contributed by atoms with Gasteiger partial charge in [-0.1, -0.05) is 6.92 Å². The van der Waals surface area contributed by atoms with Gasteiger partial charge in [-0.05, 0) is 51.8 Å². The highest BCUT2D eigenvalue weighted by molar-refractivity contribution is 5.53. The lowest BCUT2D eigenvalue weighted by Gasteiger charge is -2.22. The van der Waals surface area contributed by atoms with Crippen LogP contribution in [0.2, 0.25) is 0 Å². The SMILES string of the molecule is CCc1cc(O)c(O)c(CN(C)C)c1CN(C)C. The van der Waals surface area contributed by atoms with Crippen molar-refractivity contribution in [2.24, 2.45) is 0 Å². The Bertz CT molecular complexity index is 415. The van der Waals surface area contributed by atoms with Crippen LogP contribution < -0.4 is 0 Å². The number of hydrogen-bond acceptors (Lipinski definition) is 4. The van der Waals surface area contributed by atoms with Crippen molar-refractivity contribution in [2.45, 2.75) is 26.4 Å². The first-order chi connectivity index (χ1) is 8.36. The fourth-order valence-corrected chi connectivity index (χ4v) is 2.13. The van der Waals surface area contributed by atoms with Gasteiger partial charge in [0.2, 0.25) is 0 Å². The van der Waals surface area contributed by atoms with Crippen LogP contribution in [-0.4, -0.2) is 48.2 Å². The van der Waals surface area contributed by atoms with Gasteiger partial charge in [0, 0.05) is 18.7 Å². The number of nitrogens with zero attached hydrogens (tertiary/aromatic N) is 2. The number of rotatable bonds is 5. The Morgan fingerprint density at radius 2 is 1.44 bits per heavy atom. The molecule has 0 aliphatic heterocycles. The molecule has 18 heavy (non-hydrogen) atoms. The van der Waals surface area contributed by atoms with Crippen molar-refractivity contribution in [1.29, 1.82) is 0 Å². The van der Waals surface area contributed by atoms with Gasteiger partial charge >= 0.3 is 0 Å². The Kier molecular flexibility index (Phi) is 4.99. The van der Waals surface area contributed by atoms with Crippen LogP contribution in [0.3, 0.4) is 0 Å². The monoisotopic (exact) mass is 252 g/mol. The molecule has 0 heterocycles. The van der Waals surface area contributed by atoms with Gasteiger partial charge in [-0.3, -0.25) is 0 Å².